The van der Waals surface area contributed by atoms with Crippen molar-refractivity contribution in [1.29, 1.82) is 0 Å². The fourth-order valence-corrected chi connectivity index (χ4v) is 3.74. The van der Waals surface area contributed by atoms with Crippen molar-refractivity contribution < 1.29 is 14.5 Å². The number of carbonyl (C=O) groups is 2. The molecule has 8 heteroatoms. The minimum atomic E-state index is -0.634. The molecule has 2 aromatic carbocycles. The van der Waals surface area contributed by atoms with E-state index in [2.05, 4.69) is 5.32 Å². The molecule has 29 heavy (non-hydrogen) atoms. The zero-order chi connectivity index (χ0) is 21.0. The van der Waals surface area contributed by atoms with Crippen molar-refractivity contribution in [3.05, 3.63) is 68.7 Å². The van der Waals surface area contributed by atoms with Gasteiger partial charge in [-0.15, -0.1) is 0 Å². The molecule has 1 aliphatic rings. The number of para-hydroxylation sites is 1. The van der Waals surface area contributed by atoms with Gasteiger partial charge >= 0.3 is 0 Å². The molecule has 0 aliphatic heterocycles. The third-order valence-electron chi connectivity index (χ3n) is 5.14. The molecule has 2 aromatic rings. The van der Waals surface area contributed by atoms with Gasteiger partial charge in [0.05, 0.1) is 16.2 Å². The quantitative estimate of drug-likeness (QED) is 0.571. The molecule has 2 amide bonds. The summed E-state index contributed by atoms with van der Waals surface area (Å²) in [6.07, 6.45) is 5.29. The molecule has 7 nitrogen and oxygen atoms in total. The Morgan fingerprint density at radius 1 is 1.14 bits per heavy atom. The van der Waals surface area contributed by atoms with Crippen LogP contribution in [-0.2, 0) is 0 Å². The first-order valence-electron chi connectivity index (χ1n) is 9.50. The first kappa shape index (κ1) is 20.8. The van der Waals surface area contributed by atoms with Crippen LogP contribution in [0.4, 0.5) is 11.4 Å². The van der Waals surface area contributed by atoms with Gasteiger partial charge < -0.3 is 10.2 Å². The van der Waals surface area contributed by atoms with Crippen LogP contribution in [-0.4, -0.2) is 29.8 Å². The fraction of sp³-hybridized carbons (Fsp3) is 0.333. The highest BCUT2D eigenvalue weighted by Crippen LogP contribution is 2.27. The van der Waals surface area contributed by atoms with E-state index < -0.39 is 10.8 Å². The Balaban J connectivity index is 1.85. The van der Waals surface area contributed by atoms with E-state index in [-0.39, 0.29) is 28.2 Å². The molecule has 1 fully saturated rings. The first-order valence-corrected chi connectivity index (χ1v) is 9.88. The lowest BCUT2D eigenvalue weighted by Gasteiger charge is -2.25. The van der Waals surface area contributed by atoms with Crippen molar-refractivity contribution in [2.75, 3.05) is 11.9 Å². The SMILES string of the molecule is CN(C(=O)c1ccc(Cl)c([N+](=O)[O-])c1)c1ccccc1C(=O)NC1CCCCC1. The van der Waals surface area contributed by atoms with Gasteiger partial charge in [0.2, 0.25) is 0 Å². The summed E-state index contributed by atoms with van der Waals surface area (Å²) >= 11 is 5.83. The molecule has 0 saturated heterocycles. The van der Waals surface area contributed by atoms with Gasteiger partial charge in [0.1, 0.15) is 5.02 Å². The van der Waals surface area contributed by atoms with Crippen LogP contribution in [0.2, 0.25) is 5.02 Å². The molecule has 0 bridgehead atoms. The summed E-state index contributed by atoms with van der Waals surface area (Å²) in [7, 11) is 1.54. The zero-order valence-corrected chi connectivity index (χ0v) is 16.8. The highest BCUT2D eigenvalue weighted by molar-refractivity contribution is 6.32. The number of hydrogen-bond acceptors (Lipinski definition) is 4. The Morgan fingerprint density at radius 2 is 1.83 bits per heavy atom. The first-order chi connectivity index (χ1) is 13.9. The Bertz CT molecular complexity index is 941. The molecular weight excluding hydrogens is 394 g/mol. The highest BCUT2D eigenvalue weighted by Gasteiger charge is 2.24. The predicted molar refractivity (Wildman–Crippen MR) is 112 cm³/mol. The van der Waals surface area contributed by atoms with Crippen molar-refractivity contribution in [3.8, 4) is 0 Å². The second kappa shape index (κ2) is 9.05. The molecule has 0 unspecified atom stereocenters. The number of benzene rings is 2. The Kier molecular flexibility index (Phi) is 6.49. The van der Waals surface area contributed by atoms with Gasteiger partial charge in [-0.05, 0) is 37.1 Å². The second-order valence-electron chi connectivity index (χ2n) is 7.11. The van der Waals surface area contributed by atoms with Crippen LogP contribution in [0.1, 0.15) is 52.8 Å². The van der Waals surface area contributed by atoms with Crippen LogP contribution < -0.4 is 10.2 Å². The minimum Gasteiger partial charge on any atom is -0.349 e. The van der Waals surface area contributed by atoms with E-state index in [9.17, 15) is 19.7 Å². The number of nitro benzene ring substituents is 1. The Labute approximate surface area is 173 Å². The highest BCUT2D eigenvalue weighted by atomic mass is 35.5. The second-order valence-corrected chi connectivity index (χ2v) is 7.52. The normalized spacial score (nSPS) is 14.3. The Morgan fingerprint density at radius 3 is 2.52 bits per heavy atom. The number of nitro groups is 1. The molecule has 1 saturated carbocycles. The van der Waals surface area contributed by atoms with E-state index in [1.807, 2.05) is 0 Å². The molecule has 1 aliphatic carbocycles. The maximum Gasteiger partial charge on any atom is 0.288 e. The molecule has 152 valence electrons. The third kappa shape index (κ3) is 4.74. The van der Waals surface area contributed by atoms with Crippen molar-refractivity contribution in [2.24, 2.45) is 0 Å². The summed E-state index contributed by atoms with van der Waals surface area (Å²) in [5.41, 5.74) is 0.598. The van der Waals surface area contributed by atoms with E-state index in [1.165, 1.54) is 30.5 Å². The van der Waals surface area contributed by atoms with Gasteiger partial charge in [0.25, 0.3) is 17.5 Å². The topological polar surface area (TPSA) is 92.6 Å². The standard InChI is InChI=1S/C21H22ClN3O4/c1-24(21(27)14-11-12-17(22)19(13-14)25(28)29)18-10-6-5-9-16(18)20(26)23-15-7-3-2-4-8-15/h5-6,9-13,15H,2-4,7-8H2,1H3,(H,23,26). The van der Waals surface area contributed by atoms with Crippen LogP contribution >= 0.6 is 11.6 Å². The molecular formula is C21H22ClN3O4. The molecule has 1 N–H and O–H groups in total. The lowest BCUT2D eigenvalue weighted by atomic mass is 9.95. The van der Waals surface area contributed by atoms with Crippen molar-refractivity contribution in [1.82, 2.24) is 5.32 Å². The summed E-state index contributed by atoms with van der Waals surface area (Å²) in [5, 5.41) is 14.1. The van der Waals surface area contributed by atoms with Crippen LogP contribution in [0, 0.1) is 10.1 Å². The summed E-state index contributed by atoms with van der Waals surface area (Å²) in [6, 6.07) is 10.9. The summed E-state index contributed by atoms with van der Waals surface area (Å²) in [5.74, 6) is -0.697. The average Bonchev–Trinajstić information content (AvgIpc) is 2.73. The summed E-state index contributed by atoms with van der Waals surface area (Å²) in [4.78, 5) is 37.6. The van der Waals surface area contributed by atoms with E-state index >= 15 is 0 Å². The summed E-state index contributed by atoms with van der Waals surface area (Å²) in [6.45, 7) is 0. The molecule has 0 heterocycles. The molecule has 0 atom stereocenters. The van der Waals surface area contributed by atoms with Gasteiger partial charge in [-0.1, -0.05) is 43.0 Å². The number of amides is 2. The molecule has 0 spiro atoms. The average molecular weight is 416 g/mol. The van der Waals surface area contributed by atoms with Gasteiger partial charge in [-0.3, -0.25) is 19.7 Å². The summed E-state index contributed by atoms with van der Waals surface area (Å²) < 4.78 is 0. The van der Waals surface area contributed by atoms with Crippen LogP contribution in [0.25, 0.3) is 0 Å². The number of nitrogens with zero attached hydrogens (tertiary/aromatic N) is 2. The third-order valence-corrected chi connectivity index (χ3v) is 5.46. The molecule has 0 radical (unpaired) electrons. The van der Waals surface area contributed by atoms with E-state index in [4.69, 9.17) is 11.6 Å². The van der Waals surface area contributed by atoms with Gasteiger partial charge in [0.15, 0.2) is 0 Å². The largest absolute Gasteiger partial charge is 0.349 e. The number of carbonyl (C=O) groups excluding carboxylic acids is 2. The number of halogens is 1. The number of rotatable bonds is 5. The maximum absolute atomic E-state index is 12.9. The van der Waals surface area contributed by atoms with E-state index in [1.54, 1.807) is 24.3 Å². The number of anilines is 1. The van der Waals surface area contributed by atoms with Gasteiger partial charge in [0, 0.05) is 24.7 Å². The molecule has 3 rings (SSSR count). The monoisotopic (exact) mass is 415 g/mol. The van der Waals surface area contributed by atoms with Gasteiger partial charge in [-0.2, -0.15) is 0 Å². The van der Waals surface area contributed by atoms with Crippen molar-refractivity contribution in [3.63, 3.8) is 0 Å². The lowest BCUT2D eigenvalue weighted by Crippen LogP contribution is -2.37. The van der Waals surface area contributed by atoms with Crippen LogP contribution in [0.5, 0.6) is 0 Å². The molecule has 0 aromatic heterocycles. The zero-order valence-electron chi connectivity index (χ0n) is 16.1. The predicted octanol–water partition coefficient (Wildman–Crippen LogP) is 4.59. The Hall–Kier alpha value is -2.93. The maximum atomic E-state index is 12.9. The minimum absolute atomic E-state index is 0.0403. The van der Waals surface area contributed by atoms with Crippen molar-refractivity contribution in [2.45, 2.75) is 38.1 Å². The van der Waals surface area contributed by atoms with E-state index in [0.717, 1.165) is 31.7 Å². The van der Waals surface area contributed by atoms with E-state index in [0.29, 0.717) is 11.3 Å². The van der Waals surface area contributed by atoms with Gasteiger partial charge in [-0.25, -0.2) is 0 Å². The van der Waals surface area contributed by atoms with Crippen LogP contribution in [0.15, 0.2) is 42.5 Å². The lowest BCUT2D eigenvalue weighted by molar-refractivity contribution is -0.384. The van der Waals surface area contributed by atoms with Crippen molar-refractivity contribution >= 4 is 34.8 Å². The fourth-order valence-electron chi connectivity index (χ4n) is 3.56. The van der Waals surface area contributed by atoms with Crippen LogP contribution in [0.3, 0.4) is 0 Å². The smallest absolute Gasteiger partial charge is 0.288 e. The number of hydrogen-bond donors (Lipinski definition) is 1. The number of nitrogens with one attached hydrogen (secondary N) is 1.